The van der Waals surface area contributed by atoms with Crippen molar-refractivity contribution in [2.24, 2.45) is 4.99 Å². The van der Waals surface area contributed by atoms with E-state index in [-0.39, 0.29) is 10.8 Å². The van der Waals surface area contributed by atoms with E-state index >= 15 is 0 Å². The summed E-state index contributed by atoms with van der Waals surface area (Å²) in [6, 6.07) is 13.7. The second-order valence-corrected chi connectivity index (χ2v) is 9.58. The first-order valence-corrected chi connectivity index (χ1v) is 11.5. The summed E-state index contributed by atoms with van der Waals surface area (Å²) in [5.41, 5.74) is 0.703. The summed E-state index contributed by atoms with van der Waals surface area (Å²) in [6.07, 6.45) is 3.90. The molecule has 0 bridgehead atoms. The van der Waals surface area contributed by atoms with Crippen molar-refractivity contribution in [1.29, 1.82) is 0 Å². The van der Waals surface area contributed by atoms with E-state index in [4.69, 9.17) is 11.6 Å². The van der Waals surface area contributed by atoms with E-state index in [1.54, 1.807) is 18.2 Å². The molecule has 0 atom stereocenters. The van der Waals surface area contributed by atoms with E-state index in [0.717, 1.165) is 31.2 Å². The number of carbonyl (C=O) groups excluding carboxylic acids is 1. The Bertz CT molecular complexity index is 1080. The zero-order valence-corrected chi connectivity index (χ0v) is 17.4. The zero-order valence-electron chi connectivity index (χ0n) is 15.8. The normalized spacial score (nSPS) is 17.9. The minimum absolute atomic E-state index is 0.0929. The molecule has 1 fully saturated rings. The molecule has 1 saturated carbocycles. The number of rotatable bonds is 5. The SMILES string of the molecule is O=C(Nc1cccc(S(=O)(=O)NC2=NCCC2)c1)C1(c2cccc(Cl)c2)CCC1. The number of hydrogen-bond donors (Lipinski definition) is 2. The Morgan fingerprint density at radius 2 is 1.86 bits per heavy atom. The number of sulfonamides is 1. The number of carbonyl (C=O) groups is 1. The Kier molecular flexibility index (Phi) is 5.36. The maximum Gasteiger partial charge on any atom is 0.262 e. The average molecular weight is 432 g/mol. The Labute approximate surface area is 175 Å². The number of amides is 1. The molecule has 1 aliphatic heterocycles. The second-order valence-electron chi connectivity index (χ2n) is 7.47. The Balaban J connectivity index is 1.55. The highest BCUT2D eigenvalue weighted by Crippen LogP contribution is 2.45. The van der Waals surface area contributed by atoms with Gasteiger partial charge >= 0.3 is 0 Å². The number of halogens is 1. The fraction of sp³-hybridized carbons (Fsp3) is 0.333. The molecule has 152 valence electrons. The van der Waals surface area contributed by atoms with Gasteiger partial charge < -0.3 is 5.32 Å². The van der Waals surface area contributed by atoms with Crippen molar-refractivity contribution in [1.82, 2.24) is 4.72 Å². The number of anilines is 1. The van der Waals surface area contributed by atoms with Crippen molar-refractivity contribution in [3.8, 4) is 0 Å². The van der Waals surface area contributed by atoms with Crippen LogP contribution in [-0.2, 0) is 20.2 Å². The molecule has 2 aliphatic rings. The van der Waals surface area contributed by atoms with Crippen LogP contribution in [0.5, 0.6) is 0 Å². The molecule has 1 amide bonds. The number of aliphatic imine (C=N–C) groups is 1. The van der Waals surface area contributed by atoms with Crippen LogP contribution in [0.2, 0.25) is 5.02 Å². The van der Waals surface area contributed by atoms with E-state index in [0.29, 0.717) is 29.5 Å². The van der Waals surface area contributed by atoms with Gasteiger partial charge in [-0.25, -0.2) is 8.42 Å². The Morgan fingerprint density at radius 3 is 2.52 bits per heavy atom. The van der Waals surface area contributed by atoms with Crippen LogP contribution in [0, 0.1) is 0 Å². The van der Waals surface area contributed by atoms with Gasteiger partial charge in [0.25, 0.3) is 10.0 Å². The molecule has 0 radical (unpaired) electrons. The molecule has 2 N–H and O–H groups in total. The number of amidine groups is 1. The summed E-state index contributed by atoms with van der Waals surface area (Å²) in [4.78, 5) is 17.4. The first-order chi connectivity index (χ1) is 13.9. The van der Waals surface area contributed by atoms with Crippen molar-refractivity contribution >= 4 is 39.1 Å². The summed E-state index contributed by atoms with van der Waals surface area (Å²) in [5, 5.41) is 3.50. The quantitative estimate of drug-likeness (QED) is 0.753. The highest BCUT2D eigenvalue weighted by Gasteiger charge is 2.45. The topological polar surface area (TPSA) is 87.6 Å². The third kappa shape index (κ3) is 4.02. The van der Waals surface area contributed by atoms with Crippen LogP contribution >= 0.6 is 11.6 Å². The molecule has 6 nitrogen and oxygen atoms in total. The standard InChI is InChI=1S/C21H22ClN3O3S/c22-16-6-1-5-15(13-16)21(10-4-11-21)20(26)24-17-7-2-8-18(14-17)29(27,28)25-19-9-3-12-23-19/h1-2,5-8,13-14H,3-4,9-12H2,(H,23,25)(H,24,26). The third-order valence-corrected chi connectivity index (χ3v) is 7.16. The van der Waals surface area contributed by atoms with Crippen LogP contribution in [-0.4, -0.2) is 26.7 Å². The average Bonchev–Trinajstić information content (AvgIpc) is 3.13. The summed E-state index contributed by atoms with van der Waals surface area (Å²) in [5.74, 6) is 0.336. The van der Waals surface area contributed by atoms with E-state index < -0.39 is 15.4 Å². The lowest BCUT2D eigenvalue weighted by Gasteiger charge is -2.40. The molecule has 8 heteroatoms. The predicted molar refractivity (Wildman–Crippen MR) is 114 cm³/mol. The minimum atomic E-state index is -3.74. The molecule has 29 heavy (non-hydrogen) atoms. The Morgan fingerprint density at radius 1 is 1.07 bits per heavy atom. The molecule has 0 saturated heterocycles. The molecule has 1 heterocycles. The Hall–Kier alpha value is -2.38. The smallest absolute Gasteiger partial charge is 0.262 e. The van der Waals surface area contributed by atoms with Gasteiger partial charge in [-0.3, -0.25) is 14.5 Å². The molecule has 0 spiro atoms. The molecular formula is C21H22ClN3O3S. The van der Waals surface area contributed by atoms with E-state index in [1.165, 1.54) is 12.1 Å². The van der Waals surface area contributed by atoms with Gasteiger partial charge in [-0.1, -0.05) is 36.2 Å². The van der Waals surface area contributed by atoms with Crippen LogP contribution in [0.4, 0.5) is 5.69 Å². The number of benzene rings is 2. The predicted octanol–water partition coefficient (Wildman–Crippen LogP) is 3.87. The summed E-state index contributed by atoms with van der Waals surface area (Å²) in [6.45, 7) is 0.638. The van der Waals surface area contributed by atoms with Crippen LogP contribution in [0.3, 0.4) is 0 Å². The highest BCUT2D eigenvalue weighted by molar-refractivity contribution is 7.90. The van der Waals surface area contributed by atoms with Gasteiger partial charge in [0.2, 0.25) is 5.91 Å². The van der Waals surface area contributed by atoms with Crippen molar-refractivity contribution in [2.45, 2.75) is 42.4 Å². The second kappa shape index (κ2) is 7.80. The molecular weight excluding hydrogens is 410 g/mol. The van der Waals surface area contributed by atoms with Crippen LogP contribution in [0.15, 0.2) is 58.4 Å². The van der Waals surface area contributed by atoms with Gasteiger partial charge in [-0.15, -0.1) is 0 Å². The van der Waals surface area contributed by atoms with Gasteiger partial charge in [-0.2, -0.15) is 0 Å². The molecule has 1 aliphatic carbocycles. The molecule has 2 aromatic carbocycles. The lowest BCUT2D eigenvalue weighted by Crippen LogP contribution is -2.46. The van der Waals surface area contributed by atoms with Crippen molar-refractivity contribution in [3.63, 3.8) is 0 Å². The number of hydrogen-bond acceptors (Lipinski definition) is 4. The van der Waals surface area contributed by atoms with Crippen LogP contribution < -0.4 is 10.0 Å². The lowest BCUT2D eigenvalue weighted by molar-refractivity contribution is -0.124. The fourth-order valence-corrected chi connectivity index (χ4v) is 5.12. The maximum absolute atomic E-state index is 13.1. The third-order valence-electron chi connectivity index (χ3n) is 5.55. The van der Waals surface area contributed by atoms with Crippen molar-refractivity contribution in [2.75, 3.05) is 11.9 Å². The first-order valence-electron chi connectivity index (χ1n) is 9.63. The van der Waals surface area contributed by atoms with E-state index in [1.807, 2.05) is 18.2 Å². The van der Waals surface area contributed by atoms with Gasteiger partial charge in [0.1, 0.15) is 5.84 Å². The molecule has 4 rings (SSSR count). The van der Waals surface area contributed by atoms with E-state index in [9.17, 15) is 13.2 Å². The lowest BCUT2D eigenvalue weighted by atomic mass is 9.64. The van der Waals surface area contributed by atoms with Crippen molar-refractivity contribution in [3.05, 3.63) is 59.1 Å². The number of nitrogens with zero attached hydrogens (tertiary/aromatic N) is 1. The summed E-state index contributed by atoms with van der Waals surface area (Å²) >= 11 is 6.12. The van der Waals surface area contributed by atoms with Gasteiger partial charge in [-0.05, 0) is 55.2 Å². The number of nitrogens with one attached hydrogen (secondary N) is 2. The van der Waals surface area contributed by atoms with Crippen molar-refractivity contribution < 1.29 is 13.2 Å². The minimum Gasteiger partial charge on any atom is -0.325 e. The fourth-order valence-electron chi connectivity index (χ4n) is 3.79. The van der Waals surface area contributed by atoms with Crippen LogP contribution in [0.25, 0.3) is 0 Å². The van der Waals surface area contributed by atoms with E-state index in [2.05, 4.69) is 15.0 Å². The summed E-state index contributed by atoms with van der Waals surface area (Å²) < 4.78 is 27.8. The monoisotopic (exact) mass is 431 g/mol. The van der Waals surface area contributed by atoms with Crippen LogP contribution in [0.1, 0.15) is 37.7 Å². The van der Waals surface area contributed by atoms with Gasteiger partial charge in [0, 0.05) is 23.7 Å². The zero-order chi connectivity index (χ0) is 20.5. The summed E-state index contributed by atoms with van der Waals surface area (Å²) in [7, 11) is -3.74. The van der Waals surface area contributed by atoms with Gasteiger partial charge in [0.05, 0.1) is 10.3 Å². The largest absolute Gasteiger partial charge is 0.325 e. The molecule has 0 unspecified atom stereocenters. The maximum atomic E-state index is 13.1. The molecule has 2 aromatic rings. The van der Waals surface area contributed by atoms with Gasteiger partial charge in [0.15, 0.2) is 0 Å². The first kappa shape index (κ1) is 19.9. The molecule has 0 aromatic heterocycles. The highest BCUT2D eigenvalue weighted by atomic mass is 35.5.